The molecule has 0 saturated carbocycles. The number of amides is 2. The lowest BCUT2D eigenvalue weighted by molar-refractivity contribution is -0.121. The summed E-state index contributed by atoms with van der Waals surface area (Å²) in [6, 6.07) is 7.86. The summed E-state index contributed by atoms with van der Waals surface area (Å²) in [7, 11) is 0. The van der Waals surface area contributed by atoms with E-state index in [1.54, 1.807) is 0 Å². The molecule has 1 unspecified atom stereocenters. The van der Waals surface area contributed by atoms with Gasteiger partial charge in [-0.25, -0.2) is 0 Å². The van der Waals surface area contributed by atoms with Gasteiger partial charge in [-0.15, -0.1) is 12.4 Å². The van der Waals surface area contributed by atoms with Gasteiger partial charge in [-0.05, 0) is 42.5 Å². The van der Waals surface area contributed by atoms with Crippen LogP contribution in [0.15, 0.2) is 24.3 Å². The Bertz CT molecular complexity index is 561. The van der Waals surface area contributed by atoms with Gasteiger partial charge in [-0.2, -0.15) is 0 Å². The minimum Gasteiger partial charge on any atom is -0.352 e. The molecule has 1 aromatic rings. The molecule has 25 heavy (non-hydrogen) atoms. The number of rotatable bonds is 5. The molecule has 1 aliphatic heterocycles. The van der Waals surface area contributed by atoms with Crippen LogP contribution < -0.4 is 16.0 Å². The van der Waals surface area contributed by atoms with E-state index in [2.05, 4.69) is 36.7 Å². The van der Waals surface area contributed by atoms with Gasteiger partial charge >= 0.3 is 0 Å². The van der Waals surface area contributed by atoms with Crippen molar-refractivity contribution in [3.8, 4) is 0 Å². The highest BCUT2D eigenvalue weighted by atomic mass is 35.5. The lowest BCUT2D eigenvalue weighted by atomic mass is 9.87. The molecule has 1 aliphatic rings. The first-order valence-electron chi connectivity index (χ1n) is 8.75. The second-order valence-corrected chi connectivity index (χ2v) is 7.44. The number of hydrogen-bond acceptors (Lipinski definition) is 3. The molecule has 0 bridgehead atoms. The average molecular weight is 368 g/mol. The lowest BCUT2D eigenvalue weighted by Crippen LogP contribution is -2.46. The molecular weight excluding hydrogens is 338 g/mol. The van der Waals surface area contributed by atoms with E-state index in [4.69, 9.17) is 0 Å². The van der Waals surface area contributed by atoms with Gasteiger partial charge < -0.3 is 16.0 Å². The average Bonchev–Trinajstić information content (AvgIpc) is 2.55. The van der Waals surface area contributed by atoms with Gasteiger partial charge in [0.05, 0.1) is 0 Å². The third-order valence-electron chi connectivity index (χ3n) is 4.31. The van der Waals surface area contributed by atoms with Crippen molar-refractivity contribution >= 4 is 24.2 Å². The van der Waals surface area contributed by atoms with E-state index in [1.807, 2.05) is 24.3 Å². The zero-order chi connectivity index (χ0) is 17.6. The number of nitrogens with one attached hydrogen (secondary N) is 3. The Hall–Kier alpha value is -1.59. The second-order valence-electron chi connectivity index (χ2n) is 7.44. The van der Waals surface area contributed by atoms with Crippen molar-refractivity contribution in [2.75, 3.05) is 19.6 Å². The number of halogens is 1. The standard InChI is InChI=1S/C19H29N3O2.ClH/c1-19(2,3)15-8-6-14(7-9-15)18(24)21-12-10-17(23)22-16-5-4-11-20-13-16;/h6-9,16,20H,4-5,10-13H2,1-3H3,(H,21,24)(H,22,23);1H. The predicted octanol–water partition coefficient (Wildman–Crippen LogP) is 2.39. The van der Waals surface area contributed by atoms with Gasteiger partial charge in [-0.1, -0.05) is 32.9 Å². The summed E-state index contributed by atoms with van der Waals surface area (Å²) >= 11 is 0. The summed E-state index contributed by atoms with van der Waals surface area (Å²) in [5.41, 5.74) is 1.89. The van der Waals surface area contributed by atoms with Crippen molar-refractivity contribution in [3.63, 3.8) is 0 Å². The van der Waals surface area contributed by atoms with Crippen LogP contribution in [0.2, 0.25) is 0 Å². The van der Waals surface area contributed by atoms with E-state index in [0.717, 1.165) is 25.9 Å². The molecule has 0 aliphatic carbocycles. The zero-order valence-corrected chi connectivity index (χ0v) is 16.2. The second kappa shape index (κ2) is 9.78. The van der Waals surface area contributed by atoms with Crippen LogP contribution in [-0.4, -0.2) is 37.5 Å². The molecule has 5 nitrogen and oxygen atoms in total. The third-order valence-corrected chi connectivity index (χ3v) is 4.31. The Balaban J connectivity index is 0.00000312. The van der Waals surface area contributed by atoms with E-state index in [0.29, 0.717) is 18.5 Å². The highest BCUT2D eigenvalue weighted by molar-refractivity contribution is 5.94. The maximum Gasteiger partial charge on any atom is 0.251 e. The number of carbonyl (C=O) groups is 2. The molecule has 1 saturated heterocycles. The maximum atomic E-state index is 12.1. The van der Waals surface area contributed by atoms with Crippen molar-refractivity contribution in [3.05, 3.63) is 35.4 Å². The van der Waals surface area contributed by atoms with Crippen LogP contribution in [0.3, 0.4) is 0 Å². The van der Waals surface area contributed by atoms with Crippen molar-refractivity contribution in [2.45, 2.75) is 51.5 Å². The molecule has 2 amide bonds. The number of hydrogen-bond donors (Lipinski definition) is 3. The van der Waals surface area contributed by atoms with Crippen LogP contribution in [0.4, 0.5) is 0 Å². The van der Waals surface area contributed by atoms with Crippen molar-refractivity contribution in [1.82, 2.24) is 16.0 Å². The summed E-state index contributed by atoms with van der Waals surface area (Å²) in [5.74, 6) is -0.144. The largest absolute Gasteiger partial charge is 0.352 e. The van der Waals surface area contributed by atoms with E-state index in [-0.39, 0.29) is 35.7 Å². The van der Waals surface area contributed by atoms with Crippen molar-refractivity contribution in [1.29, 1.82) is 0 Å². The fourth-order valence-corrected chi connectivity index (χ4v) is 2.79. The smallest absolute Gasteiger partial charge is 0.251 e. The Morgan fingerprint density at radius 2 is 1.88 bits per heavy atom. The fourth-order valence-electron chi connectivity index (χ4n) is 2.79. The Kier molecular flexibility index (Phi) is 8.39. The molecule has 2 rings (SSSR count). The minimum absolute atomic E-state index is 0. The van der Waals surface area contributed by atoms with Crippen molar-refractivity contribution < 1.29 is 9.59 Å². The Morgan fingerprint density at radius 1 is 1.20 bits per heavy atom. The van der Waals surface area contributed by atoms with E-state index in [1.165, 1.54) is 5.56 Å². The molecule has 0 aromatic heterocycles. The molecule has 0 radical (unpaired) electrons. The van der Waals surface area contributed by atoms with Gasteiger partial charge in [0.2, 0.25) is 5.91 Å². The first-order chi connectivity index (χ1) is 11.4. The van der Waals surface area contributed by atoms with Crippen LogP contribution in [0.25, 0.3) is 0 Å². The van der Waals surface area contributed by atoms with Crippen LogP contribution in [-0.2, 0) is 10.2 Å². The highest BCUT2D eigenvalue weighted by Crippen LogP contribution is 2.22. The molecule has 1 fully saturated rings. The monoisotopic (exact) mass is 367 g/mol. The summed E-state index contributed by atoms with van der Waals surface area (Å²) < 4.78 is 0. The van der Waals surface area contributed by atoms with Gasteiger partial charge in [0.1, 0.15) is 0 Å². The SMILES string of the molecule is CC(C)(C)c1ccc(C(=O)NCCC(=O)NC2CCCNC2)cc1.Cl. The topological polar surface area (TPSA) is 70.2 Å². The third kappa shape index (κ3) is 7.04. The summed E-state index contributed by atoms with van der Waals surface area (Å²) in [6.07, 6.45) is 2.42. The summed E-state index contributed by atoms with van der Waals surface area (Å²) in [5, 5.41) is 9.08. The molecule has 1 aromatic carbocycles. The van der Waals surface area contributed by atoms with Gasteiger partial charge in [0.15, 0.2) is 0 Å². The van der Waals surface area contributed by atoms with Gasteiger partial charge in [-0.3, -0.25) is 9.59 Å². The quantitative estimate of drug-likeness (QED) is 0.748. The molecule has 6 heteroatoms. The van der Waals surface area contributed by atoms with Gasteiger partial charge in [0.25, 0.3) is 5.91 Å². The number of benzene rings is 1. The summed E-state index contributed by atoms with van der Waals surface area (Å²) in [4.78, 5) is 24.0. The van der Waals surface area contributed by atoms with E-state index < -0.39 is 0 Å². The van der Waals surface area contributed by atoms with Crippen molar-refractivity contribution in [2.24, 2.45) is 0 Å². The maximum absolute atomic E-state index is 12.1. The van der Waals surface area contributed by atoms with E-state index in [9.17, 15) is 9.59 Å². The molecule has 1 heterocycles. The van der Waals surface area contributed by atoms with Crippen LogP contribution in [0.5, 0.6) is 0 Å². The highest BCUT2D eigenvalue weighted by Gasteiger charge is 2.16. The molecular formula is C19H30ClN3O2. The first kappa shape index (κ1) is 21.5. The Morgan fingerprint density at radius 3 is 2.44 bits per heavy atom. The number of carbonyl (C=O) groups excluding carboxylic acids is 2. The zero-order valence-electron chi connectivity index (χ0n) is 15.4. The molecule has 0 spiro atoms. The molecule has 3 N–H and O–H groups in total. The lowest BCUT2D eigenvalue weighted by Gasteiger charge is -2.23. The number of piperidine rings is 1. The molecule has 1 atom stereocenters. The first-order valence-corrected chi connectivity index (χ1v) is 8.75. The van der Waals surface area contributed by atoms with Crippen LogP contribution in [0.1, 0.15) is 56.0 Å². The van der Waals surface area contributed by atoms with Crippen LogP contribution >= 0.6 is 12.4 Å². The van der Waals surface area contributed by atoms with E-state index >= 15 is 0 Å². The van der Waals surface area contributed by atoms with Crippen LogP contribution in [0, 0.1) is 0 Å². The predicted molar refractivity (Wildman–Crippen MR) is 103 cm³/mol. The van der Waals surface area contributed by atoms with Gasteiger partial charge in [0, 0.05) is 31.1 Å². The fraction of sp³-hybridized carbons (Fsp3) is 0.579. The normalized spacial score (nSPS) is 17.3. The molecule has 140 valence electrons. The summed E-state index contributed by atoms with van der Waals surface area (Å²) in [6.45, 7) is 8.63. The Labute approximate surface area is 156 Å². The minimum atomic E-state index is -0.136.